The average molecular weight is 514 g/mol. The SMILES string of the molecule is O=C(N/N=C/c1ccc(OCC(=O)N2CCc3ccccc3C2)c2ccccc12)c1ccc(O)c(Cl)c1. The number of amides is 2. The van der Waals surface area contributed by atoms with Crippen LogP contribution in [0.4, 0.5) is 0 Å². The minimum absolute atomic E-state index is 0.0507. The number of hydrazone groups is 1. The average Bonchev–Trinajstić information content (AvgIpc) is 2.93. The van der Waals surface area contributed by atoms with E-state index >= 15 is 0 Å². The smallest absolute Gasteiger partial charge is 0.271 e. The monoisotopic (exact) mass is 513 g/mol. The van der Waals surface area contributed by atoms with Gasteiger partial charge in [0.15, 0.2) is 6.61 Å². The number of phenols is 1. The normalized spacial score (nSPS) is 12.9. The molecule has 1 aliphatic heterocycles. The summed E-state index contributed by atoms with van der Waals surface area (Å²) in [7, 11) is 0. The van der Waals surface area contributed by atoms with Crippen LogP contribution in [-0.2, 0) is 17.8 Å². The van der Waals surface area contributed by atoms with Crippen LogP contribution in [0.25, 0.3) is 10.8 Å². The van der Waals surface area contributed by atoms with Crippen LogP contribution in [0.15, 0.2) is 84.0 Å². The predicted octanol–water partition coefficient (Wildman–Crippen LogP) is 4.93. The van der Waals surface area contributed by atoms with Crippen LogP contribution >= 0.6 is 11.6 Å². The maximum Gasteiger partial charge on any atom is 0.271 e. The summed E-state index contributed by atoms with van der Waals surface area (Å²) in [6, 6.07) is 23.6. The minimum Gasteiger partial charge on any atom is -0.506 e. The Hall–Kier alpha value is -4.36. The molecular formula is C29H24ClN3O4. The number of hydrogen-bond acceptors (Lipinski definition) is 5. The molecule has 37 heavy (non-hydrogen) atoms. The number of rotatable bonds is 6. The Morgan fingerprint density at radius 1 is 1.00 bits per heavy atom. The third-order valence-corrected chi connectivity index (χ3v) is 6.63. The number of ether oxygens (including phenoxy) is 1. The molecule has 0 radical (unpaired) electrons. The van der Waals surface area contributed by atoms with Gasteiger partial charge in [-0.05, 0) is 53.3 Å². The number of halogens is 1. The quantitative estimate of drug-likeness (QED) is 0.282. The van der Waals surface area contributed by atoms with Crippen molar-refractivity contribution in [3.63, 3.8) is 0 Å². The first kappa shape index (κ1) is 24.3. The second-order valence-corrected chi connectivity index (χ2v) is 9.09. The van der Waals surface area contributed by atoms with E-state index in [1.807, 2.05) is 47.4 Å². The maximum absolute atomic E-state index is 12.9. The molecule has 0 saturated heterocycles. The molecule has 0 atom stereocenters. The molecule has 4 aromatic carbocycles. The van der Waals surface area contributed by atoms with E-state index in [2.05, 4.69) is 22.7 Å². The van der Waals surface area contributed by atoms with E-state index in [1.54, 1.807) is 12.3 Å². The van der Waals surface area contributed by atoms with Gasteiger partial charge in [-0.2, -0.15) is 5.10 Å². The Morgan fingerprint density at radius 2 is 1.76 bits per heavy atom. The van der Waals surface area contributed by atoms with Crippen molar-refractivity contribution >= 4 is 40.4 Å². The van der Waals surface area contributed by atoms with Gasteiger partial charge in [-0.25, -0.2) is 5.43 Å². The lowest BCUT2D eigenvalue weighted by Gasteiger charge is -2.28. The highest BCUT2D eigenvalue weighted by Crippen LogP contribution is 2.28. The lowest BCUT2D eigenvalue weighted by atomic mass is 10.00. The second-order valence-electron chi connectivity index (χ2n) is 8.69. The van der Waals surface area contributed by atoms with Gasteiger partial charge in [-0.3, -0.25) is 9.59 Å². The highest BCUT2D eigenvalue weighted by Gasteiger charge is 2.21. The topological polar surface area (TPSA) is 91.2 Å². The summed E-state index contributed by atoms with van der Waals surface area (Å²) in [4.78, 5) is 27.0. The van der Waals surface area contributed by atoms with E-state index < -0.39 is 5.91 Å². The van der Waals surface area contributed by atoms with Gasteiger partial charge >= 0.3 is 0 Å². The summed E-state index contributed by atoms with van der Waals surface area (Å²) in [5.74, 6) is -0.0118. The van der Waals surface area contributed by atoms with Gasteiger partial charge < -0.3 is 14.7 Å². The highest BCUT2D eigenvalue weighted by molar-refractivity contribution is 6.32. The summed E-state index contributed by atoms with van der Waals surface area (Å²) < 4.78 is 5.96. The molecule has 4 aromatic rings. The van der Waals surface area contributed by atoms with Gasteiger partial charge in [-0.15, -0.1) is 0 Å². The number of aromatic hydroxyl groups is 1. The number of hydrogen-bond donors (Lipinski definition) is 2. The summed E-state index contributed by atoms with van der Waals surface area (Å²) >= 11 is 5.87. The van der Waals surface area contributed by atoms with E-state index in [0.29, 0.717) is 18.8 Å². The van der Waals surface area contributed by atoms with Crippen LogP contribution in [0.2, 0.25) is 5.02 Å². The Labute approximate surface area is 218 Å². The molecule has 0 aromatic heterocycles. The van der Waals surface area contributed by atoms with Gasteiger partial charge in [0.25, 0.3) is 11.8 Å². The van der Waals surface area contributed by atoms with Gasteiger partial charge in [0.05, 0.1) is 11.2 Å². The fourth-order valence-corrected chi connectivity index (χ4v) is 4.53. The van der Waals surface area contributed by atoms with Crippen molar-refractivity contribution in [3.05, 3.63) is 106 Å². The molecule has 0 saturated carbocycles. The summed E-state index contributed by atoms with van der Waals surface area (Å²) in [5.41, 5.74) is 5.98. The Balaban J connectivity index is 1.26. The third kappa shape index (κ3) is 5.42. The molecular weight excluding hydrogens is 490 g/mol. The molecule has 1 heterocycles. The molecule has 186 valence electrons. The van der Waals surface area contributed by atoms with Gasteiger partial charge in [0, 0.05) is 29.6 Å². The highest BCUT2D eigenvalue weighted by atomic mass is 35.5. The Bertz CT molecular complexity index is 1520. The van der Waals surface area contributed by atoms with Crippen molar-refractivity contribution in [2.24, 2.45) is 5.10 Å². The van der Waals surface area contributed by atoms with Crippen molar-refractivity contribution in [2.45, 2.75) is 13.0 Å². The molecule has 2 amide bonds. The summed E-state index contributed by atoms with van der Waals surface area (Å²) in [5, 5.41) is 15.4. The molecule has 0 aliphatic carbocycles. The largest absolute Gasteiger partial charge is 0.506 e. The van der Waals surface area contributed by atoms with E-state index in [0.717, 1.165) is 22.8 Å². The van der Waals surface area contributed by atoms with Gasteiger partial charge in [0.1, 0.15) is 11.5 Å². The minimum atomic E-state index is -0.457. The van der Waals surface area contributed by atoms with E-state index in [1.165, 1.54) is 29.3 Å². The standard InChI is InChI=1S/C29H24ClN3O4/c30-25-15-20(9-11-26(25)34)29(36)32-31-16-21-10-12-27(24-8-4-3-7-23(21)24)37-18-28(35)33-14-13-19-5-1-2-6-22(19)17-33/h1-12,15-16,34H,13-14,17-18H2,(H,32,36)/b31-16+. The molecule has 0 fully saturated rings. The molecule has 0 bridgehead atoms. The zero-order valence-corrected chi connectivity index (χ0v) is 20.6. The lowest BCUT2D eigenvalue weighted by Crippen LogP contribution is -2.38. The van der Waals surface area contributed by atoms with Crippen LogP contribution in [0, 0.1) is 0 Å². The maximum atomic E-state index is 12.9. The second kappa shape index (κ2) is 10.7. The number of carbonyl (C=O) groups is 2. The third-order valence-electron chi connectivity index (χ3n) is 6.33. The molecule has 1 aliphatic rings. The van der Waals surface area contributed by atoms with Crippen molar-refractivity contribution in [2.75, 3.05) is 13.2 Å². The zero-order valence-electron chi connectivity index (χ0n) is 19.9. The molecule has 0 spiro atoms. The number of nitrogens with one attached hydrogen (secondary N) is 1. The van der Waals surface area contributed by atoms with Crippen LogP contribution < -0.4 is 10.2 Å². The first-order valence-corrected chi connectivity index (χ1v) is 12.2. The fourth-order valence-electron chi connectivity index (χ4n) is 4.35. The lowest BCUT2D eigenvalue weighted by molar-refractivity contribution is -0.134. The van der Waals surface area contributed by atoms with Gasteiger partial charge in [0.2, 0.25) is 0 Å². The number of fused-ring (bicyclic) bond motifs is 2. The van der Waals surface area contributed by atoms with E-state index in [-0.39, 0.29) is 28.8 Å². The Kier molecular flexibility index (Phi) is 7.05. The van der Waals surface area contributed by atoms with Crippen molar-refractivity contribution in [1.29, 1.82) is 0 Å². The molecule has 7 nitrogen and oxygen atoms in total. The van der Waals surface area contributed by atoms with Crippen LogP contribution in [0.1, 0.15) is 27.0 Å². The summed E-state index contributed by atoms with van der Waals surface area (Å²) in [6.45, 7) is 1.22. The number of benzene rings is 4. The summed E-state index contributed by atoms with van der Waals surface area (Å²) in [6.07, 6.45) is 2.39. The molecule has 2 N–H and O–H groups in total. The predicted molar refractivity (Wildman–Crippen MR) is 143 cm³/mol. The van der Waals surface area contributed by atoms with Crippen molar-refractivity contribution < 1.29 is 19.4 Å². The van der Waals surface area contributed by atoms with Gasteiger partial charge in [-0.1, -0.05) is 60.1 Å². The van der Waals surface area contributed by atoms with Crippen LogP contribution in [-0.4, -0.2) is 41.2 Å². The number of phenolic OH excluding ortho intramolecular Hbond substituents is 1. The first-order valence-electron chi connectivity index (χ1n) is 11.8. The van der Waals surface area contributed by atoms with Crippen LogP contribution in [0.3, 0.4) is 0 Å². The van der Waals surface area contributed by atoms with Crippen LogP contribution in [0.5, 0.6) is 11.5 Å². The van der Waals surface area contributed by atoms with Crippen molar-refractivity contribution in [1.82, 2.24) is 10.3 Å². The zero-order chi connectivity index (χ0) is 25.8. The van der Waals surface area contributed by atoms with Crippen molar-refractivity contribution in [3.8, 4) is 11.5 Å². The Morgan fingerprint density at radius 3 is 2.57 bits per heavy atom. The molecule has 8 heteroatoms. The van der Waals surface area contributed by atoms with E-state index in [9.17, 15) is 14.7 Å². The first-order chi connectivity index (χ1) is 18.0. The number of nitrogens with zero attached hydrogens (tertiary/aromatic N) is 2. The number of carbonyl (C=O) groups excluding carboxylic acids is 2. The molecule has 0 unspecified atom stereocenters. The molecule has 5 rings (SSSR count). The fraction of sp³-hybridized carbons (Fsp3) is 0.138. The van der Waals surface area contributed by atoms with E-state index in [4.69, 9.17) is 16.3 Å².